The molecule has 4 aromatic rings. The van der Waals surface area contributed by atoms with Crippen LogP contribution in [-0.2, 0) is 13.6 Å². The maximum atomic E-state index is 12.8. The van der Waals surface area contributed by atoms with Gasteiger partial charge in [-0.25, -0.2) is 4.98 Å². The number of halogens is 1. The average molecular weight is 545 g/mol. The number of nitrogens with one attached hydrogen (secondary N) is 1. The van der Waals surface area contributed by atoms with Crippen LogP contribution in [0.15, 0.2) is 59.7 Å². The van der Waals surface area contributed by atoms with Gasteiger partial charge in [0.25, 0.3) is 11.5 Å². The number of hydrogen-bond acceptors (Lipinski definition) is 5. The molecule has 0 bridgehead atoms. The second-order valence-corrected chi connectivity index (χ2v) is 10.6. The lowest BCUT2D eigenvalue weighted by Crippen LogP contribution is -2.29. The fourth-order valence-electron chi connectivity index (χ4n) is 5.30. The number of amides is 1. The van der Waals surface area contributed by atoms with Crippen LogP contribution in [0.25, 0.3) is 22.3 Å². The highest BCUT2D eigenvalue weighted by atomic mass is 35.5. The van der Waals surface area contributed by atoms with Gasteiger partial charge in [0, 0.05) is 93.6 Å². The molecule has 1 amide bonds. The molecule has 9 heteroatoms. The molecule has 5 rings (SSSR count). The second-order valence-electron chi connectivity index (χ2n) is 10.2. The zero-order valence-electron chi connectivity index (χ0n) is 23.0. The molecule has 8 nitrogen and oxygen atoms in total. The van der Waals surface area contributed by atoms with Crippen molar-refractivity contribution >= 4 is 39.8 Å². The predicted molar refractivity (Wildman–Crippen MR) is 158 cm³/mol. The van der Waals surface area contributed by atoms with E-state index in [4.69, 9.17) is 11.6 Å². The van der Waals surface area contributed by atoms with Gasteiger partial charge in [0.1, 0.15) is 5.65 Å². The van der Waals surface area contributed by atoms with Crippen molar-refractivity contribution in [2.45, 2.75) is 19.9 Å². The molecule has 1 aromatic carbocycles. The first-order valence-electron chi connectivity index (χ1n) is 13.0. The molecule has 0 spiro atoms. The summed E-state index contributed by atoms with van der Waals surface area (Å²) >= 11 is 6.68. The molecule has 1 aliphatic heterocycles. The Bertz CT molecular complexity index is 1640. The molecule has 39 heavy (non-hydrogen) atoms. The monoisotopic (exact) mass is 544 g/mol. The summed E-state index contributed by atoms with van der Waals surface area (Å²) in [5.74, 6) is -0.0530. The van der Waals surface area contributed by atoms with Crippen molar-refractivity contribution in [2.75, 3.05) is 39.5 Å². The Hall–Kier alpha value is -3.88. The van der Waals surface area contributed by atoms with E-state index in [1.165, 1.54) is 5.57 Å². The van der Waals surface area contributed by atoms with E-state index in [9.17, 15) is 9.59 Å². The molecule has 0 saturated heterocycles. The van der Waals surface area contributed by atoms with Crippen LogP contribution >= 0.6 is 11.6 Å². The van der Waals surface area contributed by atoms with Gasteiger partial charge in [0.2, 0.25) is 0 Å². The van der Waals surface area contributed by atoms with Crippen LogP contribution < -0.4 is 10.9 Å². The summed E-state index contributed by atoms with van der Waals surface area (Å²) in [5, 5.41) is 4.57. The van der Waals surface area contributed by atoms with E-state index in [0.717, 1.165) is 65.3 Å². The fourth-order valence-corrected chi connectivity index (χ4v) is 5.68. The third-order valence-electron chi connectivity index (χ3n) is 7.41. The zero-order chi connectivity index (χ0) is 27.8. The normalized spacial score (nSPS) is 13.9. The van der Waals surface area contributed by atoms with Crippen molar-refractivity contribution in [3.8, 4) is 5.69 Å². The predicted octanol–water partition coefficient (Wildman–Crippen LogP) is 4.72. The van der Waals surface area contributed by atoms with Crippen molar-refractivity contribution < 1.29 is 4.79 Å². The SMILES string of the molecule is CNc1ccn(-c2ccnc3c2cc(CN2CC=C(c4c(C)cc(C(=O)N(C)C)cc4Cl)CC2)n3C)c(=O)c1. The Labute approximate surface area is 233 Å². The summed E-state index contributed by atoms with van der Waals surface area (Å²) in [6.07, 6.45) is 6.64. The van der Waals surface area contributed by atoms with Crippen molar-refractivity contribution in [2.24, 2.45) is 7.05 Å². The quantitative estimate of drug-likeness (QED) is 0.380. The number of anilines is 1. The Kier molecular flexibility index (Phi) is 7.34. The number of rotatable bonds is 6. The molecule has 4 heterocycles. The van der Waals surface area contributed by atoms with Gasteiger partial charge in [0.15, 0.2) is 0 Å². The highest BCUT2D eigenvalue weighted by molar-refractivity contribution is 6.33. The summed E-state index contributed by atoms with van der Waals surface area (Å²) in [6, 6.07) is 11.2. The van der Waals surface area contributed by atoms with Crippen molar-refractivity contribution in [3.63, 3.8) is 0 Å². The summed E-state index contributed by atoms with van der Waals surface area (Å²) < 4.78 is 3.76. The van der Waals surface area contributed by atoms with Crippen LogP contribution in [0.3, 0.4) is 0 Å². The number of aromatic nitrogens is 3. The number of benzene rings is 1. The summed E-state index contributed by atoms with van der Waals surface area (Å²) in [5.41, 5.74) is 7.33. The van der Waals surface area contributed by atoms with E-state index in [1.807, 2.05) is 32.2 Å². The van der Waals surface area contributed by atoms with Crippen molar-refractivity contribution in [3.05, 3.63) is 92.6 Å². The smallest absolute Gasteiger partial charge is 0.257 e. The van der Waals surface area contributed by atoms with E-state index >= 15 is 0 Å². The molecule has 0 saturated carbocycles. The maximum absolute atomic E-state index is 12.8. The third-order valence-corrected chi connectivity index (χ3v) is 7.71. The van der Waals surface area contributed by atoms with Crippen LogP contribution in [0, 0.1) is 6.92 Å². The largest absolute Gasteiger partial charge is 0.388 e. The molecule has 1 N–H and O–H groups in total. The van der Waals surface area contributed by atoms with Crippen LogP contribution in [0.5, 0.6) is 0 Å². The molecule has 0 fully saturated rings. The number of pyridine rings is 2. The maximum Gasteiger partial charge on any atom is 0.257 e. The van der Waals surface area contributed by atoms with Gasteiger partial charge in [0.05, 0.1) is 5.69 Å². The van der Waals surface area contributed by atoms with Gasteiger partial charge in [-0.3, -0.25) is 19.1 Å². The van der Waals surface area contributed by atoms with E-state index in [1.54, 1.807) is 55.1 Å². The number of carbonyl (C=O) groups is 1. The summed E-state index contributed by atoms with van der Waals surface area (Å²) in [7, 11) is 7.30. The van der Waals surface area contributed by atoms with Gasteiger partial charge < -0.3 is 14.8 Å². The zero-order valence-corrected chi connectivity index (χ0v) is 23.7. The minimum Gasteiger partial charge on any atom is -0.388 e. The minimum absolute atomic E-state index is 0.0530. The Morgan fingerprint density at radius 1 is 1.18 bits per heavy atom. The molecule has 0 radical (unpaired) electrons. The highest BCUT2D eigenvalue weighted by Crippen LogP contribution is 2.33. The standard InChI is InChI=1S/C30H33ClN6O2/c1-19-14-21(30(39)34(3)4)15-25(31)28(19)20-7-11-36(12-8-20)18-23-17-24-26(6-10-33-29(24)35(23)5)37-13-9-22(32-2)16-27(37)38/h6-7,9-10,13-17,32H,8,11-12,18H2,1-5H3. The van der Waals surface area contributed by atoms with E-state index in [0.29, 0.717) is 10.6 Å². The topological polar surface area (TPSA) is 75.4 Å². The molecule has 0 unspecified atom stereocenters. The van der Waals surface area contributed by atoms with Gasteiger partial charge in [-0.15, -0.1) is 0 Å². The lowest BCUT2D eigenvalue weighted by molar-refractivity contribution is 0.0827. The fraction of sp³-hybridized carbons (Fsp3) is 0.300. The molecule has 3 aromatic heterocycles. The van der Waals surface area contributed by atoms with E-state index in [-0.39, 0.29) is 11.5 Å². The van der Waals surface area contributed by atoms with Gasteiger partial charge >= 0.3 is 0 Å². The van der Waals surface area contributed by atoms with Gasteiger partial charge in [-0.05, 0) is 60.4 Å². The van der Waals surface area contributed by atoms with Gasteiger partial charge in [-0.2, -0.15) is 0 Å². The number of hydrogen-bond donors (Lipinski definition) is 1. The number of nitrogens with zero attached hydrogens (tertiary/aromatic N) is 5. The molecule has 0 aliphatic carbocycles. The molecular weight excluding hydrogens is 512 g/mol. The Morgan fingerprint density at radius 2 is 1.97 bits per heavy atom. The number of fused-ring (bicyclic) bond motifs is 1. The first-order chi connectivity index (χ1) is 18.7. The number of aryl methyl sites for hydroxylation is 2. The van der Waals surface area contributed by atoms with Gasteiger partial charge in [-0.1, -0.05) is 17.7 Å². The number of carbonyl (C=O) groups excluding carboxylic acids is 1. The highest BCUT2D eigenvalue weighted by Gasteiger charge is 2.21. The Morgan fingerprint density at radius 3 is 2.62 bits per heavy atom. The lowest BCUT2D eigenvalue weighted by Gasteiger charge is -2.27. The lowest BCUT2D eigenvalue weighted by atomic mass is 9.93. The van der Waals surface area contributed by atoms with Crippen molar-refractivity contribution in [1.82, 2.24) is 23.9 Å². The Balaban J connectivity index is 1.38. The first kappa shape index (κ1) is 26.7. The summed E-state index contributed by atoms with van der Waals surface area (Å²) in [6.45, 7) is 4.44. The third kappa shape index (κ3) is 5.10. The second kappa shape index (κ2) is 10.7. The molecular formula is C30H33ClN6O2. The van der Waals surface area contributed by atoms with E-state index < -0.39 is 0 Å². The minimum atomic E-state index is -0.0958. The van der Waals surface area contributed by atoms with Crippen LogP contribution in [0.1, 0.15) is 33.6 Å². The van der Waals surface area contributed by atoms with Crippen LogP contribution in [-0.4, -0.2) is 64.1 Å². The first-order valence-corrected chi connectivity index (χ1v) is 13.3. The average Bonchev–Trinajstić information content (AvgIpc) is 3.23. The summed E-state index contributed by atoms with van der Waals surface area (Å²) in [4.78, 5) is 33.7. The van der Waals surface area contributed by atoms with Crippen LogP contribution in [0.4, 0.5) is 5.69 Å². The van der Waals surface area contributed by atoms with Crippen LogP contribution in [0.2, 0.25) is 5.02 Å². The molecule has 202 valence electrons. The molecule has 0 atom stereocenters. The van der Waals surface area contributed by atoms with E-state index in [2.05, 4.69) is 31.9 Å². The van der Waals surface area contributed by atoms with Crippen molar-refractivity contribution in [1.29, 1.82) is 0 Å². The molecule has 1 aliphatic rings.